The zero-order chi connectivity index (χ0) is 14.8. The van der Waals surface area contributed by atoms with Crippen LogP contribution in [0, 0.1) is 0 Å². The lowest BCUT2D eigenvalue weighted by Crippen LogP contribution is -2.15. The molecule has 1 atom stereocenters. The highest BCUT2D eigenvalue weighted by Crippen LogP contribution is 2.29. The quantitative estimate of drug-likeness (QED) is 0.919. The molecule has 0 spiro atoms. The van der Waals surface area contributed by atoms with E-state index in [-0.39, 0.29) is 6.04 Å². The number of nitrogens with zero attached hydrogens (tertiary/aromatic N) is 4. The van der Waals surface area contributed by atoms with Gasteiger partial charge in [-0.2, -0.15) is 10.2 Å². The summed E-state index contributed by atoms with van der Waals surface area (Å²) in [6.45, 7) is 2.12. The van der Waals surface area contributed by atoms with Gasteiger partial charge in [-0.3, -0.25) is 9.36 Å². The van der Waals surface area contributed by atoms with Crippen LogP contribution in [-0.4, -0.2) is 19.6 Å². The predicted octanol–water partition coefficient (Wildman–Crippen LogP) is 2.54. The second kappa shape index (κ2) is 6.02. The molecular weight excluding hydrogens is 262 g/mol. The molecule has 0 radical (unpaired) electrons. The lowest BCUT2D eigenvalue weighted by Gasteiger charge is -2.11. The normalized spacial score (nSPS) is 17.5. The van der Waals surface area contributed by atoms with Gasteiger partial charge in [-0.25, -0.2) is 0 Å². The van der Waals surface area contributed by atoms with Crippen LogP contribution >= 0.6 is 0 Å². The van der Waals surface area contributed by atoms with Gasteiger partial charge in [-0.1, -0.05) is 19.8 Å². The van der Waals surface area contributed by atoms with Crippen molar-refractivity contribution in [2.45, 2.75) is 57.5 Å². The molecule has 21 heavy (non-hydrogen) atoms. The largest absolute Gasteiger partial charge is 0.324 e. The highest BCUT2D eigenvalue weighted by Gasteiger charge is 2.19. The fourth-order valence-electron chi connectivity index (χ4n) is 3.33. The standard InChI is InChI=1S/C16H25N5/c1-3-16-14(11-20(2)19-16)15(17)10-12-8-9-21(18-12)13-6-4-5-7-13/h8-9,11,13,15H,3-7,10,17H2,1-2H3. The molecule has 0 saturated heterocycles. The molecule has 2 aromatic rings. The van der Waals surface area contributed by atoms with Gasteiger partial charge >= 0.3 is 0 Å². The summed E-state index contributed by atoms with van der Waals surface area (Å²) in [5.41, 5.74) is 9.71. The van der Waals surface area contributed by atoms with Crippen LogP contribution in [0.5, 0.6) is 0 Å². The highest BCUT2D eigenvalue weighted by atomic mass is 15.3. The maximum absolute atomic E-state index is 6.38. The zero-order valence-corrected chi connectivity index (χ0v) is 13.0. The molecule has 1 aliphatic rings. The van der Waals surface area contributed by atoms with E-state index in [0.717, 1.165) is 29.8 Å². The van der Waals surface area contributed by atoms with Gasteiger partial charge < -0.3 is 5.73 Å². The molecule has 0 bridgehead atoms. The molecule has 2 N–H and O–H groups in total. The van der Waals surface area contributed by atoms with Gasteiger partial charge in [0.1, 0.15) is 0 Å². The molecule has 5 heteroatoms. The van der Waals surface area contributed by atoms with Crippen molar-refractivity contribution in [3.05, 3.63) is 35.4 Å². The molecular formula is C16H25N5. The maximum Gasteiger partial charge on any atom is 0.0669 e. The summed E-state index contributed by atoms with van der Waals surface area (Å²) >= 11 is 0. The summed E-state index contributed by atoms with van der Waals surface area (Å²) in [7, 11) is 1.95. The predicted molar refractivity (Wildman–Crippen MR) is 83.0 cm³/mol. The molecule has 2 aromatic heterocycles. The Morgan fingerprint density at radius 3 is 2.81 bits per heavy atom. The fourth-order valence-corrected chi connectivity index (χ4v) is 3.33. The number of hydrogen-bond acceptors (Lipinski definition) is 3. The molecule has 114 valence electrons. The Kier molecular flexibility index (Phi) is 4.10. The van der Waals surface area contributed by atoms with Crippen LogP contribution in [0.3, 0.4) is 0 Å². The SMILES string of the molecule is CCc1nn(C)cc1C(N)Cc1ccn(C2CCCC2)n1. The third kappa shape index (κ3) is 3.02. The van der Waals surface area contributed by atoms with E-state index in [1.807, 2.05) is 17.9 Å². The Hall–Kier alpha value is -1.62. The monoisotopic (exact) mass is 287 g/mol. The smallest absolute Gasteiger partial charge is 0.0669 e. The molecule has 1 fully saturated rings. The summed E-state index contributed by atoms with van der Waals surface area (Å²) in [6, 6.07) is 2.68. The fraction of sp³-hybridized carbons (Fsp3) is 0.625. The van der Waals surface area contributed by atoms with Crippen molar-refractivity contribution in [2.24, 2.45) is 12.8 Å². The zero-order valence-electron chi connectivity index (χ0n) is 13.0. The molecule has 1 aliphatic carbocycles. The molecule has 5 nitrogen and oxygen atoms in total. The Morgan fingerprint density at radius 2 is 2.10 bits per heavy atom. The average Bonchev–Trinajstić information content (AvgIpc) is 3.16. The molecule has 1 saturated carbocycles. The molecule has 2 heterocycles. The molecule has 3 rings (SSSR count). The summed E-state index contributed by atoms with van der Waals surface area (Å²) in [5, 5.41) is 9.20. The first-order chi connectivity index (χ1) is 10.2. The van der Waals surface area contributed by atoms with E-state index >= 15 is 0 Å². The van der Waals surface area contributed by atoms with Crippen molar-refractivity contribution in [1.82, 2.24) is 19.6 Å². The van der Waals surface area contributed by atoms with E-state index < -0.39 is 0 Å². The van der Waals surface area contributed by atoms with Crippen molar-refractivity contribution >= 4 is 0 Å². The molecule has 1 unspecified atom stereocenters. The van der Waals surface area contributed by atoms with Crippen molar-refractivity contribution in [3.8, 4) is 0 Å². The third-order valence-corrected chi connectivity index (χ3v) is 4.46. The van der Waals surface area contributed by atoms with Gasteiger partial charge in [-0.05, 0) is 25.3 Å². The number of aromatic nitrogens is 4. The van der Waals surface area contributed by atoms with Gasteiger partial charge in [0, 0.05) is 37.5 Å². The molecule has 0 aliphatic heterocycles. The van der Waals surface area contributed by atoms with E-state index in [1.54, 1.807) is 0 Å². The minimum atomic E-state index is -0.0272. The third-order valence-electron chi connectivity index (χ3n) is 4.46. The van der Waals surface area contributed by atoms with Crippen LogP contribution in [-0.2, 0) is 19.9 Å². The van der Waals surface area contributed by atoms with Gasteiger partial charge in [0.05, 0.1) is 17.4 Å². The number of aryl methyl sites for hydroxylation is 2. The first-order valence-electron chi connectivity index (χ1n) is 7.99. The average molecular weight is 287 g/mol. The number of rotatable bonds is 5. The van der Waals surface area contributed by atoms with Gasteiger partial charge in [0.25, 0.3) is 0 Å². The highest BCUT2D eigenvalue weighted by molar-refractivity contribution is 5.23. The summed E-state index contributed by atoms with van der Waals surface area (Å²) < 4.78 is 3.99. The Morgan fingerprint density at radius 1 is 1.33 bits per heavy atom. The van der Waals surface area contributed by atoms with E-state index in [4.69, 9.17) is 10.8 Å². The van der Waals surface area contributed by atoms with E-state index in [9.17, 15) is 0 Å². The van der Waals surface area contributed by atoms with Crippen LogP contribution in [0.1, 0.15) is 61.6 Å². The molecule has 0 amide bonds. The first-order valence-corrected chi connectivity index (χ1v) is 7.99. The first kappa shape index (κ1) is 14.3. The van der Waals surface area contributed by atoms with Crippen LogP contribution in [0.4, 0.5) is 0 Å². The second-order valence-corrected chi connectivity index (χ2v) is 6.09. The minimum Gasteiger partial charge on any atom is -0.324 e. The van der Waals surface area contributed by atoms with Crippen LogP contribution < -0.4 is 5.73 Å². The topological polar surface area (TPSA) is 61.7 Å². The lowest BCUT2D eigenvalue weighted by molar-refractivity contribution is 0.461. The van der Waals surface area contributed by atoms with Gasteiger partial charge in [0.2, 0.25) is 0 Å². The van der Waals surface area contributed by atoms with E-state index in [0.29, 0.717) is 6.04 Å². The summed E-state index contributed by atoms with van der Waals surface area (Å²) in [5.74, 6) is 0. The maximum atomic E-state index is 6.38. The summed E-state index contributed by atoms with van der Waals surface area (Å²) in [6.07, 6.45) is 11.0. The number of nitrogens with two attached hydrogens (primary N) is 1. The summed E-state index contributed by atoms with van der Waals surface area (Å²) in [4.78, 5) is 0. The lowest BCUT2D eigenvalue weighted by atomic mass is 10.0. The van der Waals surface area contributed by atoms with Crippen LogP contribution in [0.15, 0.2) is 18.5 Å². The van der Waals surface area contributed by atoms with Crippen molar-refractivity contribution in [1.29, 1.82) is 0 Å². The van der Waals surface area contributed by atoms with Crippen LogP contribution in [0.2, 0.25) is 0 Å². The number of hydrogen-bond donors (Lipinski definition) is 1. The Balaban J connectivity index is 1.70. The van der Waals surface area contributed by atoms with E-state index in [2.05, 4.69) is 29.0 Å². The van der Waals surface area contributed by atoms with Crippen molar-refractivity contribution < 1.29 is 0 Å². The van der Waals surface area contributed by atoms with Crippen molar-refractivity contribution in [2.75, 3.05) is 0 Å². The van der Waals surface area contributed by atoms with Crippen LogP contribution in [0.25, 0.3) is 0 Å². The van der Waals surface area contributed by atoms with Gasteiger partial charge in [0.15, 0.2) is 0 Å². The second-order valence-electron chi connectivity index (χ2n) is 6.09. The minimum absolute atomic E-state index is 0.0272. The Bertz CT molecular complexity index is 592. The Labute approximate surface area is 126 Å². The van der Waals surface area contributed by atoms with E-state index in [1.165, 1.54) is 25.7 Å². The van der Waals surface area contributed by atoms with Crippen molar-refractivity contribution in [3.63, 3.8) is 0 Å². The van der Waals surface area contributed by atoms with Gasteiger partial charge in [-0.15, -0.1) is 0 Å². The molecule has 0 aromatic carbocycles.